The third-order valence-electron chi connectivity index (χ3n) is 6.95. The first-order chi connectivity index (χ1) is 17.7. The molecule has 1 amide bonds. The molecule has 2 heterocycles. The maximum atomic E-state index is 13.2. The van der Waals surface area contributed by atoms with Crippen LogP contribution < -0.4 is 14.9 Å². The first-order valence-electron chi connectivity index (χ1n) is 13.2. The Morgan fingerprint density at radius 2 is 1.89 bits per heavy atom. The van der Waals surface area contributed by atoms with Crippen LogP contribution >= 0.6 is 11.3 Å². The number of amides is 1. The van der Waals surface area contributed by atoms with Gasteiger partial charge in [0.1, 0.15) is 0 Å². The highest BCUT2D eigenvalue weighted by atomic mass is 32.2. The number of aliphatic hydroxyl groups is 1. The Kier molecular flexibility index (Phi) is 9.10. The number of anilines is 1. The smallest absolute Gasteiger partial charge is 0.407 e. The van der Waals surface area contributed by atoms with Gasteiger partial charge in [-0.2, -0.15) is 0 Å². The first kappa shape index (κ1) is 27.8. The van der Waals surface area contributed by atoms with Crippen LogP contribution in [-0.2, 0) is 14.8 Å². The molecule has 9 nitrogen and oxygen atoms in total. The second-order valence-corrected chi connectivity index (χ2v) is 12.9. The minimum absolute atomic E-state index is 0.0993. The molecule has 0 bridgehead atoms. The Bertz CT molecular complexity index is 1170. The summed E-state index contributed by atoms with van der Waals surface area (Å²) in [5.41, 5.74) is 1.50. The molecule has 1 aromatic heterocycles. The molecule has 11 heteroatoms. The van der Waals surface area contributed by atoms with Gasteiger partial charge in [-0.15, -0.1) is 11.3 Å². The largest absolute Gasteiger partial charge is 0.447 e. The molecule has 204 valence electrons. The fourth-order valence-electron chi connectivity index (χ4n) is 5.03. The summed E-state index contributed by atoms with van der Waals surface area (Å²) in [6.45, 7) is 7.12. The lowest BCUT2D eigenvalue weighted by molar-refractivity contribution is 0.109. The van der Waals surface area contributed by atoms with Gasteiger partial charge in [0.15, 0.2) is 0 Å². The number of carbonyl (C=O) groups is 1. The summed E-state index contributed by atoms with van der Waals surface area (Å²) in [5.74, 6) is 0.283. The lowest BCUT2D eigenvalue weighted by Crippen LogP contribution is -2.38. The van der Waals surface area contributed by atoms with Gasteiger partial charge in [-0.25, -0.2) is 22.9 Å². The van der Waals surface area contributed by atoms with Gasteiger partial charge in [0.05, 0.1) is 27.0 Å². The summed E-state index contributed by atoms with van der Waals surface area (Å²) in [6.07, 6.45) is 5.83. The van der Waals surface area contributed by atoms with Crippen LogP contribution in [-0.4, -0.2) is 62.5 Å². The molecule has 0 atom stereocenters. The van der Waals surface area contributed by atoms with Gasteiger partial charge in [0.2, 0.25) is 10.0 Å². The molecule has 1 saturated carbocycles. The number of nitrogens with one attached hydrogen (secondary N) is 2. The van der Waals surface area contributed by atoms with E-state index < -0.39 is 10.0 Å². The number of piperidine rings is 1. The Labute approximate surface area is 223 Å². The monoisotopic (exact) mass is 550 g/mol. The van der Waals surface area contributed by atoms with Crippen LogP contribution in [0.4, 0.5) is 10.5 Å². The van der Waals surface area contributed by atoms with Crippen LogP contribution in [0.3, 0.4) is 0 Å². The number of benzene rings is 1. The van der Waals surface area contributed by atoms with E-state index in [1.807, 2.05) is 26.0 Å². The molecule has 3 N–H and O–H groups in total. The van der Waals surface area contributed by atoms with Gasteiger partial charge < -0.3 is 20.1 Å². The summed E-state index contributed by atoms with van der Waals surface area (Å²) in [4.78, 5) is 19.8. The predicted octanol–water partition coefficient (Wildman–Crippen LogP) is 4.23. The molecule has 1 aromatic carbocycles. The highest BCUT2D eigenvalue weighted by molar-refractivity contribution is 7.89. The number of ether oxygens (including phenoxy) is 1. The number of aromatic nitrogens is 1. The average Bonchev–Trinajstić information content (AvgIpc) is 3.34. The summed E-state index contributed by atoms with van der Waals surface area (Å²) in [6, 6.07) is 5.69. The van der Waals surface area contributed by atoms with Gasteiger partial charge in [-0.1, -0.05) is 13.0 Å². The number of hydrogen-bond acceptors (Lipinski definition) is 8. The molecule has 1 aliphatic heterocycles. The van der Waals surface area contributed by atoms with E-state index in [-0.39, 0.29) is 35.2 Å². The number of carbonyl (C=O) groups excluding carboxylic acids is 1. The second kappa shape index (κ2) is 12.1. The van der Waals surface area contributed by atoms with Crippen LogP contribution in [0, 0.1) is 0 Å². The zero-order valence-corrected chi connectivity index (χ0v) is 23.4. The Morgan fingerprint density at radius 3 is 2.54 bits per heavy atom. The van der Waals surface area contributed by atoms with Gasteiger partial charge in [0.25, 0.3) is 0 Å². The van der Waals surface area contributed by atoms with Crippen molar-refractivity contribution >= 4 is 33.1 Å². The minimum atomic E-state index is -3.70. The van der Waals surface area contributed by atoms with Crippen molar-refractivity contribution in [2.75, 3.05) is 24.5 Å². The lowest BCUT2D eigenvalue weighted by Gasteiger charge is -2.32. The van der Waals surface area contributed by atoms with E-state index in [1.54, 1.807) is 30.5 Å². The summed E-state index contributed by atoms with van der Waals surface area (Å²) >= 11 is 1.54. The van der Waals surface area contributed by atoms with Crippen molar-refractivity contribution in [3.05, 3.63) is 29.4 Å². The number of nitrogens with zero attached hydrogens (tertiary/aromatic N) is 2. The molecule has 1 saturated heterocycles. The maximum Gasteiger partial charge on any atom is 0.407 e. The number of hydrogen-bond donors (Lipinski definition) is 3. The molecule has 2 aromatic rings. The molecule has 4 rings (SSSR count). The van der Waals surface area contributed by atoms with Crippen molar-refractivity contribution in [3.8, 4) is 10.4 Å². The second-order valence-electron chi connectivity index (χ2n) is 10.1. The van der Waals surface area contributed by atoms with Gasteiger partial charge >= 0.3 is 6.09 Å². The van der Waals surface area contributed by atoms with Crippen molar-refractivity contribution in [2.45, 2.75) is 88.4 Å². The molecule has 0 unspecified atom stereocenters. The molecule has 0 radical (unpaired) electrons. The third-order valence-corrected chi connectivity index (χ3v) is 9.73. The highest BCUT2D eigenvalue weighted by Crippen LogP contribution is 2.40. The van der Waals surface area contributed by atoms with Gasteiger partial charge in [0, 0.05) is 49.0 Å². The molecule has 37 heavy (non-hydrogen) atoms. The van der Waals surface area contributed by atoms with Crippen molar-refractivity contribution < 1.29 is 23.1 Å². The highest BCUT2D eigenvalue weighted by Gasteiger charge is 2.28. The Hall–Kier alpha value is -2.21. The SMILES string of the molecule is CCNS(=O)(=O)c1cc(N2CCC(O)CC2)ccc1-c1cnc(C2CCC(NC(=O)OC(C)C)CC2)s1. The van der Waals surface area contributed by atoms with Crippen LogP contribution in [0.25, 0.3) is 10.4 Å². The molecule has 2 fully saturated rings. The number of alkyl carbamates (subject to hydrolysis) is 1. The van der Waals surface area contributed by atoms with Crippen LogP contribution in [0.15, 0.2) is 29.3 Å². The maximum absolute atomic E-state index is 13.2. The van der Waals surface area contributed by atoms with Crippen molar-refractivity contribution in [2.24, 2.45) is 0 Å². The Balaban J connectivity index is 1.51. The fraction of sp³-hybridized carbons (Fsp3) is 0.615. The van der Waals surface area contributed by atoms with Crippen LogP contribution in [0.1, 0.15) is 70.2 Å². The molecule has 2 aliphatic rings. The van der Waals surface area contributed by atoms with E-state index in [9.17, 15) is 18.3 Å². The van der Waals surface area contributed by atoms with Gasteiger partial charge in [-0.3, -0.25) is 0 Å². The summed E-state index contributed by atoms with van der Waals surface area (Å²) in [5, 5.41) is 13.8. The van der Waals surface area contributed by atoms with E-state index in [2.05, 4.69) is 19.9 Å². The first-order valence-corrected chi connectivity index (χ1v) is 15.5. The van der Waals surface area contributed by atoms with Crippen LogP contribution in [0.5, 0.6) is 0 Å². The van der Waals surface area contributed by atoms with Crippen molar-refractivity contribution in [1.29, 1.82) is 0 Å². The van der Waals surface area contributed by atoms with E-state index in [0.29, 0.717) is 38.0 Å². The molecule has 1 aliphatic carbocycles. The molecule has 0 spiro atoms. The quantitative estimate of drug-likeness (QED) is 0.450. The van der Waals surface area contributed by atoms with Gasteiger partial charge in [-0.05, 0) is 64.5 Å². The number of sulfonamides is 1. The summed E-state index contributed by atoms with van der Waals surface area (Å²) < 4.78 is 34.2. The number of thiazole rings is 1. The molecular weight excluding hydrogens is 512 g/mol. The van der Waals surface area contributed by atoms with Crippen molar-refractivity contribution in [1.82, 2.24) is 15.0 Å². The molecular formula is C26H38N4O5S2. The fourth-order valence-corrected chi connectivity index (χ4v) is 7.50. The van der Waals surface area contributed by atoms with E-state index in [0.717, 1.165) is 41.3 Å². The topological polar surface area (TPSA) is 121 Å². The number of aliphatic hydroxyl groups excluding tert-OH is 1. The third kappa shape index (κ3) is 7.01. The van der Waals surface area contributed by atoms with E-state index in [4.69, 9.17) is 4.74 Å². The summed E-state index contributed by atoms with van der Waals surface area (Å²) in [7, 11) is -3.70. The average molecular weight is 551 g/mol. The number of rotatable bonds is 8. The normalized spacial score (nSPS) is 21.3. The van der Waals surface area contributed by atoms with E-state index in [1.165, 1.54) is 0 Å². The zero-order valence-electron chi connectivity index (χ0n) is 21.8. The van der Waals surface area contributed by atoms with Crippen LogP contribution in [0.2, 0.25) is 0 Å². The minimum Gasteiger partial charge on any atom is -0.447 e. The van der Waals surface area contributed by atoms with Crippen molar-refractivity contribution in [3.63, 3.8) is 0 Å². The Morgan fingerprint density at radius 1 is 1.19 bits per heavy atom. The standard InChI is InChI=1S/C26H38N4O5S2/c1-4-28-37(33,34)24-15-20(30-13-11-21(31)12-14-30)9-10-22(24)23-16-27-25(36-23)18-5-7-19(8-6-18)29-26(32)35-17(2)3/h9-10,15-19,21,28,31H,4-8,11-14H2,1-3H3,(H,29,32). The van der Waals surface area contributed by atoms with E-state index >= 15 is 0 Å². The zero-order chi connectivity index (χ0) is 26.6. The predicted molar refractivity (Wildman–Crippen MR) is 146 cm³/mol. The lowest BCUT2D eigenvalue weighted by atomic mass is 9.86.